The van der Waals surface area contributed by atoms with E-state index in [0.29, 0.717) is 5.15 Å². The van der Waals surface area contributed by atoms with Gasteiger partial charge in [0.05, 0.1) is 11.4 Å². The Morgan fingerprint density at radius 2 is 2.06 bits per heavy atom. The molecule has 2 aromatic heterocycles. The van der Waals surface area contributed by atoms with Crippen LogP contribution in [0.5, 0.6) is 0 Å². The van der Waals surface area contributed by atoms with Crippen molar-refractivity contribution in [2.24, 2.45) is 0 Å². The number of aromatic nitrogens is 3. The van der Waals surface area contributed by atoms with Gasteiger partial charge in [-0.05, 0) is 25.5 Å². The molecule has 0 aliphatic rings. The zero-order valence-electron chi connectivity index (χ0n) is 9.94. The highest BCUT2D eigenvalue weighted by Crippen LogP contribution is 2.24. The molecule has 0 bridgehead atoms. The van der Waals surface area contributed by atoms with Crippen LogP contribution in [0.3, 0.4) is 0 Å². The van der Waals surface area contributed by atoms with Crippen molar-refractivity contribution in [1.82, 2.24) is 15.0 Å². The van der Waals surface area contributed by atoms with E-state index in [1.165, 1.54) is 0 Å². The van der Waals surface area contributed by atoms with Gasteiger partial charge in [-0.1, -0.05) is 24.6 Å². The van der Waals surface area contributed by atoms with Gasteiger partial charge in [0.1, 0.15) is 11.0 Å². The topological polar surface area (TPSA) is 38.7 Å². The zero-order chi connectivity index (χ0) is 12.3. The van der Waals surface area contributed by atoms with Crippen molar-refractivity contribution in [3.63, 3.8) is 0 Å². The first-order valence-corrected chi connectivity index (χ1v) is 6.04. The van der Waals surface area contributed by atoms with Crippen LogP contribution >= 0.6 is 11.6 Å². The summed E-state index contributed by atoms with van der Waals surface area (Å²) in [7, 11) is 0. The summed E-state index contributed by atoms with van der Waals surface area (Å²) in [6.45, 7) is 4.01. The second-order valence-corrected chi connectivity index (χ2v) is 4.23. The van der Waals surface area contributed by atoms with Gasteiger partial charge < -0.3 is 0 Å². The van der Waals surface area contributed by atoms with E-state index in [-0.39, 0.29) is 0 Å². The second-order valence-electron chi connectivity index (χ2n) is 3.87. The number of aryl methyl sites for hydroxylation is 1. The van der Waals surface area contributed by atoms with Crippen molar-refractivity contribution in [3.05, 3.63) is 40.9 Å². The lowest BCUT2D eigenvalue weighted by Crippen LogP contribution is -2.01. The molecule has 0 spiro atoms. The smallest absolute Gasteiger partial charge is 0.136 e. The lowest BCUT2D eigenvalue weighted by atomic mass is 10.1. The Labute approximate surface area is 106 Å². The summed E-state index contributed by atoms with van der Waals surface area (Å²) in [5.41, 5.74) is 2.55. The van der Waals surface area contributed by atoms with Crippen LogP contribution in [0.1, 0.15) is 24.7 Å². The third-order valence-corrected chi connectivity index (χ3v) is 2.88. The molecule has 17 heavy (non-hydrogen) atoms. The summed E-state index contributed by atoms with van der Waals surface area (Å²) in [6, 6.07) is 5.76. The van der Waals surface area contributed by atoms with Crippen molar-refractivity contribution in [3.8, 4) is 11.4 Å². The number of nitrogens with zero attached hydrogens (tertiary/aromatic N) is 3. The Morgan fingerprint density at radius 1 is 1.24 bits per heavy atom. The first-order valence-electron chi connectivity index (χ1n) is 5.66. The molecule has 0 aromatic carbocycles. The Hall–Kier alpha value is -1.48. The molecule has 3 nitrogen and oxygen atoms in total. The Bertz CT molecular complexity index is 512. The molecular formula is C13H14ClN3. The van der Waals surface area contributed by atoms with Gasteiger partial charge in [-0.15, -0.1) is 0 Å². The third-order valence-electron chi connectivity index (χ3n) is 2.51. The summed E-state index contributed by atoms with van der Waals surface area (Å²) in [4.78, 5) is 13.1. The average Bonchev–Trinajstić information content (AvgIpc) is 2.35. The lowest BCUT2D eigenvalue weighted by molar-refractivity contribution is 0.832. The van der Waals surface area contributed by atoms with Crippen LogP contribution in [0, 0.1) is 6.92 Å². The monoisotopic (exact) mass is 247 g/mol. The summed E-state index contributed by atoms with van der Waals surface area (Å²) in [6.07, 6.45) is 3.59. The minimum Gasteiger partial charge on any atom is -0.255 e. The molecule has 0 aliphatic carbocycles. The number of rotatable bonds is 3. The predicted octanol–water partition coefficient (Wildman–Crippen LogP) is 3.45. The molecule has 4 heteroatoms. The van der Waals surface area contributed by atoms with E-state index in [1.807, 2.05) is 25.1 Å². The lowest BCUT2D eigenvalue weighted by Gasteiger charge is -2.08. The van der Waals surface area contributed by atoms with Gasteiger partial charge >= 0.3 is 0 Å². The normalized spacial score (nSPS) is 10.5. The number of pyridine rings is 1. The third kappa shape index (κ3) is 2.61. The average molecular weight is 248 g/mol. The molecule has 0 N–H and O–H groups in total. The van der Waals surface area contributed by atoms with Crippen LogP contribution in [-0.4, -0.2) is 15.0 Å². The van der Waals surface area contributed by atoms with Crippen LogP contribution in [-0.2, 0) is 6.42 Å². The maximum atomic E-state index is 6.13. The largest absolute Gasteiger partial charge is 0.255 e. The van der Waals surface area contributed by atoms with Crippen LogP contribution in [0.4, 0.5) is 0 Å². The number of halogens is 1. The highest BCUT2D eigenvalue weighted by molar-refractivity contribution is 6.30. The molecule has 0 atom stereocenters. The molecular weight excluding hydrogens is 234 g/mol. The number of hydrogen-bond donors (Lipinski definition) is 0. The fraction of sp³-hybridized carbons (Fsp3) is 0.308. The Kier molecular flexibility index (Phi) is 3.69. The summed E-state index contributed by atoms with van der Waals surface area (Å²) in [5, 5.41) is 0.518. The standard InChI is InChI=1S/C13H14ClN3/c1-3-6-11-16-12(9(2)13(14)17-11)10-7-4-5-8-15-10/h4-5,7-8H,3,6H2,1-2H3. The summed E-state index contributed by atoms with van der Waals surface area (Å²) < 4.78 is 0. The van der Waals surface area contributed by atoms with Crippen molar-refractivity contribution >= 4 is 11.6 Å². The first kappa shape index (κ1) is 12.0. The van der Waals surface area contributed by atoms with Crippen LogP contribution < -0.4 is 0 Å². The quantitative estimate of drug-likeness (QED) is 0.780. The summed E-state index contributed by atoms with van der Waals surface area (Å²) in [5.74, 6) is 0.781. The first-order chi connectivity index (χ1) is 8.22. The minimum absolute atomic E-state index is 0.518. The van der Waals surface area contributed by atoms with E-state index < -0.39 is 0 Å². The van der Waals surface area contributed by atoms with Crippen molar-refractivity contribution in [2.75, 3.05) is 0 Å². The van der Waals surface area contributed by atoms with Gasteiger partial charge in [-0.25, -0.2) is 9.97 Å². The SMILES string of the molecule is CCCc1nc(Cl)c(C)c(-c2ccccn2)n1. The van der Waals surface area contributed by atoms with Gasteiger partial charge in [-0.3, -0.25) is 4.98 Å². The number of hydrogen-bond acceptors (Lipinski definition) is 3. The molecule has 2 rings (SSSR count). The minimum atomic E-state index is 0.518. The molecule has 0 saturated heterocycles. The Balaban J connectivity index is 2.53. The molecule has 88 valence electrons. The summed E-state index contributed by atoms with van der Waals surface area (Å²) >= 11 is 6.13. The van der Waals surface area contributed by atoms with Crippen molar-refractivity contribution in [1.29, 1.82) is 0 Å². The highest BCUT2D eigenvalue weighted by Gasteiger charge is 2.11. The van der Waals surface area contributed by atoms with Gasteiger partial charge in [0, 0.05) is 18.2 Å². The van der Waals surface area contributed by atoms with E-state index in [4.69, 9.17) is 11.6 Å². The predicted molar refractivity (Wildman–Crippen MR) is 69.0 cm³/mol. The maximum absolute atomic E-state index is 6.13. The van der Waals surface area contributed by atoms with E-state index in [0.717, 1.165) is 35.6 Å². The van der Waals surface area contributed by atoms with Crippen molar-refractivity contribution < 1.29 is 0 Å². The molecule has 0 fully saturated rings. The molecule has 0 aliphatic heterocycles. The van der Waals surface area contributed by atoms with Crippen LogP contribution in [0.25, 0.3) is 11.4 Å². The maximum Gasteiger partial charge on any atom is 0.136 e. The van der Waals surface area contributed by atoms with Crippen LogP contribution in [0.15, 0.2) is 24.4 Å². The van der Waals surface area contributed by atoms with Gasteiger partial charge in [0.25, 0.3) is 0 Å². The van der Waals surface area contributed by atoms with E-state index in [2.05, 4.69) is 21.9 Å². The molecule has 0 radical (unpaired) electrons. The van der Waals surface area contributed by atoms with E-state index in [1.54, 1.807) is 6.20 Å². The van der Waals surface area contributed by atoms with Gasteiger partial charge in [0.15, 0.2) is 0 Å². The zero-order valence-corrected chi connectivity index (χ0v) is 10.7. The van der Waals surface area contributed by atoms with E-state index in [9.17, 15) is 0 Å². The molecule has 0 saturated carbocycles. The van der Waals surface area contributed by atoms with E-state index >= 15 is 0 Å². The fourth-order valence-electron chi connectivity index (χ4n) is 1.62. The van der Waals surface area contributed by atoms with Crippen molar-refractivity contribution in [2.45, 2.75) is 26.7 Å². The molecule has 2 heterocycles. The second kappa shape index (κ2) is 5.23. The molecule has 0 amide bonds. The highest BCUT2D eigenvalue weighted by atomic mass is 35.5. The van der Waals surface area contributed by atoms with Gasteiger partial charge in [-0.2, -0.15) is 0 Å². The Morgan fingerprint density at radius 3 is 2.71 bits per heavy atom. The van der Waals surface area contributed by atoms with Crippen LogP contribution in [0.2, 0.25) is 5.15 Å². The molecule has 2 aromatic rings. The molecule has 0 unspecified atom stereocenters. The fourth-order valence-corrected chi connectivity index (χ4v) is 1.81. The van der Waals surface area contributed by atoms with Gasteiger partial charge in [0.2, 0.25) is 0 Å².